The summed E-state index contributed by atoms with van der Waals surface area (Å²) in [5.41, 5.74) is 0. The number of aliphatic hydroxyl groups excluding tert-OH is 1. The molecule has 1 saturated carbocycles. The van der Waals surface area contributed by atoms with Gasteiger partial charge >= 0.3 is 0 Å². The van der Waals surface area contributed by atoms with E-state index in [1.165, 1.54) is 38.8 Å². The summed E-state index contributed by atoms with van der Waals surface area (Å²) in [6, 6.07) is 0. The van der Waals surface area contributed by atoms with Gasteiger partial charge in [-0.05, 0) is 56.4 Å². The lowest BCUT2D eigenvalue weighted by atomic mass is 9.80. The summed E-state index contributed by atoms with van der Waals surface area (Å²) in [4.78, 5) is 2.58. The topological polar surface area (TPSA) is 23.5 Å². The van der Waals surface area contributed by atoms with E-state index in [4.69, 9.17) is 0 Å². The molecule has 0 aromatic heterocycles. The number of hydrogen-bond donors (Lipinski definition) is 1. The summed E-state index contributed by atoms with van der Waals surface area (Å²) >= 11 is 0. The molecule has 0 amide bonds. The predicted octanol–water partition coefficient (Wildman–Crippen LogP) is 2.52. The molecule has 0 radical (unpaired) electrons. The Labute approximate surface area is 100 Å². The fourth-order valence-corrected chi connectivity index (χ4v) is 3.46. The third-order valence-corrected chi connectivity index (χ3v) is 4.44. The molecular formula is C14H27NO. The van der Waals surface area contributed by atoms with E-state index < -0.39 is 0 Å². The second kappa shape index (κ2) is 5.50. The molecule has 0 spiro atoms. The molecule has 94 valence electrons. The van der Waals surface area contributed by atoms with E-state index in [0.29, 0.717) is 5.92 Å². The van der Waals surface area contributed by atoms with Crippen molar-refractivity contribution in [2.75, 3.05) is 19.6 Å². The molecule has 16 heavy (non-hydrogen) atoms. The van der Waals surface area contributed by atoms with Gasteiger partial charge < -0.3 is 10.0 Å². The average molecular weight is 225 g/mol. The second-order valence-electron chi connectivity index (χ2n) is 6.25. The van der Waals surface area contributed by atoms with Crippen molar-refractivity contribution < 1.29 is 5.11 Å². The Kier molecular flexibility index (Phi) is 4.26. The van der Waals surface area contributed by atoms with E-state index >= 15 is 0 Å². The summed E-state index contributed by atoms with van der Waals surface area (Å²) in [5.74, 6) is 2.21. The number of rotatable bonds is 2. The van der Waals surface area contributed by atoms with Crippen LogP contribution >= 0.6 is 0 Å². The van der Waals surface area contributed by atoms with Gasteiger partial charge in [0.25, 0.3) is 0 Å². The number of hydrogen-bond acceptors (Lipinski definition) is 2. The minimum atomic E-state index is -0.0339. The lowest BCUT2D eigenvalue weighted by Crippen LogP contribution is -2.42. The standard InChI is InChI=1S/C14H27NO/c1-11-5-6-14(16)13(8-11)10-15-7-3-4-12(2)9-15/h11-14,16H,3-10H2,1-2H3. The molecule has 1 aliphatic carbocycles. The van der Waals surface area contributed by atoms with Crippen LogP contribution in [0.25, 0.3) is 0 Å². The maximum absolute atomic E-state index is 10.1. The van der Waals surface area contributed by atoms with E-state index in [1.807, 2.05) is 0 Å². The van der Waals surface area contributed by atoms with Gasteiger partial charge in [-0.3, -0.25) is 0 Å². The minimum Gasteiger partial charge on any atom is -0.393 e. The summed E-state index contributed by atoms with van der Waals surface area (Å²) in [5, 5.41) is 10.1. The maximum Gasteiger partial charge on any atom is 0.0580 e. The predicted molar refractivity (Wildman–Crippen MR) is 67.3 cm³/mol. The van der Waals surface area contributed by atoms with E-state index in [2.05, 4.69) is 18.7 Å². The molecule has 1 saturated heterocycles. The molecule has 0 aromatic rings. The largest absolute Gasteiger partial charge is 0.393 e. The van der Waals surface area contributed by atoms with Gasteiger partial charge in [-0.25, -0.2) is 0 Å². The Balaban J connectivity index is 1.82. The quantitative estimate of drug-likeness (QED) is 0.780. The lowest BCUT2D eigenvalue weighted by molar-refractivity contribution is 0.0229. The fraction of sp³-hybridized carbons (Fsp3) is 1.00. The Morgan fingerprint density at radius 1 is 1.12 bits per heavy atom. The van der Waals surface area contributed by atoms with Gasteiger partial charge in [0.2, 0.25) is 0 Å². The summed E-state index contributed by atoms with van der Waals surface area (Å²) < 4.78 is 0. The Morgan fingerprint density at radius 2 is 1.94 bits per heavy atom. The third-order valence-electron chi connectivity index (χ3n) is 4.44. The van der Waals surface area contributed by atoms with Gasteiger partial charge in [0.1, 0.15) is 0 Å². The van der Waals surface area contributed by atoms with E-state index in [0.717, 1.165) is 24.8 Å². The van der Waals surface area contributed by atoms with Crippen LogP contribution in [-0.2, 0) is 0 Å². The molecule has 4 atom stereocenters. The van der Waals surface area contributed by atoms with Crippen molar-refractivity contribution in [1.82, 2.24) is 4.90 Å². The van der Waals surface area contributed by atoms with Crippen molar-refractivity contribution in [2.45, 2.75) is 52.1 Å². The molecule has 2 aliphatic rings. The van der Waals surface area contributed by atoms with E-state index in [1.54, 1.807) is 0 Å². The van der Waals surface area contributed by atoms with Gasteiger partial charge in [-0.15, -0.1) is 0 Å². The Bertz CT molecular complexity index is 219. The van der Waals surface area contributed by atoms with Crippen molar-refractivity contribution in [1.29, 1.82) is 0 Å². The SMILES string of the molecule is CC1CCC(O)C(CN2CCCC(C)C2)C1. The molecular weight excluding hydrogens is 198 g/mol. The van der Waals surface area contributed by atoms with Crippen molar-refractivity contribution in [3.63, 3.8) is 0 Å². The van der Waals surface area contributed by atoms with Gasteiger partial charge in [0, 0.05) is 13.1 Å². The van der Waals surface area contributed by atoms with E-state index in [-0.39, 0.29) is 6.10 Å². The monoisotopic (exact) mass is 225 g/mol. The van der Waals surface area contributed by atoms with Crippen molar-refractivity contribution in [3.05, 3.63) is 0 Å². The van der Waals surface area contributed by atoms with Crippen LogP contribution in [0.2, 0.25) is 0 Å². The summed E-state index contributed by atoms with van der Waals surface area (Å²) in [6.07, 6.45) is 6.17. The summed E-state index contributed by atoms with van der Waals surface area (Å²) in [6.45, 7) is 8.32. The van der Waals surface area contributed by atoms with Crippen LogP contribution in [0.4, 0.5) is 0 Å². The normalized spacial score (nSPS) is 42.2. The minimum absolute atomic E-state index is 0.0339. The van der Waals surface area contributed by atoms with Crippen molar-refractivity contribution in [3.8, 4) is 0 Å². The van der Waals surface area contributed by atoms with Crippen LogP contribution in [0.3, 0.4) is 0 Å². The molecule has 2 nitrogen and oxygen atoms in total. The van der Waals surface area contributed by atoms with Crippen LogP contribution in [0.5, 0.6) is 0 Å². The third kappa shape index (κ3) is 3.21. The first-order valence-corrected chi connectivity index (χ1v) is 7.05. The number of aliphatic hydroxyl groups is 1. The highest BCUT2D eigenvalue weighted by Gasteiger charge is 2.29. The van der Waals surface area contributed by atoms with Gasteiger partial charge in [0.15, 0.2) is 0 Å². The second-order valence-corrected chi connectivity index (χ2v) is 6.25. The van der Waals surface area contributed by atoms with Crippen LogP contribution in [0.1, 0.15) is 46.0 Å². The maximum atomic E-state index is 10.1. The first kappa shape index (κ1) is 12.4. The highest BCUT2D eigenvalue weighted by molar-refractivity contribution is 4.82. The molecule has 4 unspecified atom stereocenters. The molecule has 2 heteroatoms. The molecule has 0 bridgehead atoms. The zero-order valence-corrected chi connectivity index (χ0v) is 10.9. The molecule has 1 aliphatic heterocycles. The van der Waals surface area contributed by atoms with Crippen LogP contribution < -0.4 is 0 Å². The first-order valence-electron chi connectivity index (χ1n) is 7.05. The average Bonchev–Trinajstić information content (AvgIpc) is 2.24. The number of likely N-dealkylation sites (tertiary alicyclic amines) is 1. The zero-order chi connectivity index (χ0) is 11.5. The lowest BCUT2D eigenvalue weighted by Gasteiger charge is -2.38. The van der Waals surface area contributed by atoms with E-state index in [9.17, 15) is 5.11 Å². The molecule has 0 aromatic carbocycles. The summed E-state index contributed by atoms with van der Waals surface area (Å²) in [7, 11) is 0. The number of nitrogens with zero attached hydrogens (tertiary/aromatic N) is 1. The highest BCUT2D eigenvalue weighted by atomic mass is 16.3. The molecule has 1 heterocycles. The smallest absolute Gasteiger partial charge is 0.0580 e. The van der Waals surface area contributed by atoms with Crippen LogP contribution in [-0.4, -0.2) is 35.7 Å². The first-order chi connectivity index (χ1) is 7.65. The molecule has 2 fully saturated rings. The van der Waals surface area contributed by atoms with Gasteiger partial charge in [-0.2, -0.15) is 0 Å². The Morgan fingerprint density at radius 3 is 2.69 bits per heavy atom. The van der Waals surface area contributed by atoms with Crippen LogP contribution in [0.15, 0.2) is 0 Å². The highest BCUT2D eigenvalue weighted by Crippen LogP contribution is 2.30. The molecule has 2 rings (SSSR count). The van der Waals surface area contributed by atoms with Crippen molar-refractivity contribution in [2.24, 2.45) is 17.8 Å². The van der Waals surface area contributed by atoms with Crippen molar-refractivity contribution >= 4 is 0 Å². The zero-order valence-electron chi connectivity index (χ0n) is 10.9. The number of piperidine rings is 1. The molecule has 1 N–H and O–H groups in total. The van der Waals surface area contributed by atoms with Gasteiger partial charge in [0.05, 0.1) is 6.10 Å². The fourth-order valence-electron chi connectivity index (χ4n) is 3.46. The van der Waals surface area contributed by atoms with Crippen LogP contribution in [0, 0.1) is 17.8 Å². The van der Waals surface area contributed by atoms with Gasteiger partial charge in [-0.1, -0.05) is 13.8 Å². The Hall–Kier alpha value is -0.0800.